The quantitative estimate of drug-likeness (QED) is 0.300. The number of carbonyl (C=O) groups is 1. The van der Waals surface area contributed by atoms with Crippen molar-refractivity contribution in [3.05, 3.63) is 108 Å². The molecule has 0 aliphatic heterocycles. The number of para-hydroxylation sites is 1. The molecule has 1 heterocycles. The maximum Gasteiger partial charge on any atom is 0.231 e. The maximum atomic E-state index is 13.3. The molecule has 172 valence electrons. The molecule has 1 unspecified atom stereocenters. The number of rotatable bonds is 8. The van der Waals surface area contributed by atoms with Crippen LogP contribution in [0.1, 0.15) is 37.4 Å². The van der Waals surface area contributed by atoms with Crippen molar-refractivity contribution in [1.29, 1.82) is 0 Å². The van der Waals surface area contributed by atoms with Gasteiger partial charge >= 0.3 is 0 Å². The van der Waals surface area contributed by atoms with Crippen molar-refractivity contribution in [2.24, 2.45) is 5.92 Å². The van der Waals surface area contributed by atoms with E-state index in [2.05, 4.69) is 30.2 Å². The van der Waals surface area contributed by atoms with Gasteiger partial charge in [-0.1, -0.05) is 56.3 Å². The van der Waals surface area contributed by atoms with Gasteiger partial charge in [-0.15, -0.1) is 0 Å². The lowest BCUT2D eigenvalue weighted by Gasteiger charge is -2.20. The molecule has 0 fully saturated rings. The van der Waals surface area contributed by atoms with Gasteiger partial charge in [-0.25, -0.2) is 0 Å². The fraction of sp³-hybridized carbons (Fsp3) is 0.200. The van der Waals surface area contributed by atoms with E-state index in [-0.39, 0.29) is 11.8 Å². The zero-order valence-electron chi connectivity index (χ0n) is 19.9. The van der Waals surface area contributed by atoms with Crippen LogP contribution in [0.5, 0.6) is 11.5 Å². The summed E-state index contributed by atoms with van der Waals surface area (Å²) in [5, 5.41) is 3.11. The number of ether oxygens (including phenoxy) is 1. The monoisotopic (exact) mass is 450 g/mol. The van der Waals surface area contributed by atoms with Crippen LogP contribution in [0.15, 0.2) is 97.2 Å². The zero-order valence-corrected chi connectivity index (χ0v) is 19.9. The predicted octanol–water partition coefficient (Wildman–Crippen LogP) is 7.62. The van der Waals surface area contributed by atoms with Gasteiger partial charge in [0.25, 0.3) is 0 Å². The summed E-state index contributed by atoms with van der Waals surface area (Å²) in [6.07, 6.45) is 2.58. The molecule has 0 aliphatic rings. The van der Waals surface area contributed by atoms with Crippen LogP contribution in [-0.2, 0) is 4.79 Å². The van der Waals surface area contributed by atoms with Crippen molar-refractivity contribution < 1.29 is 9.53 Å². The Kier molecular flexibility index (Phi) is 7.38. The number of pyridine rings is 1. The van der Waals surface area contributed by atoms with E-state index < -0.39 is 0 Å². The first-order chi connectivity index (χ1) is 16.5. The fourth-order valence-electron chi connectivity index (χ4n) is 3.96. The number of nitrogens with zero attached hydrogens (tertiary/aromatic N) is 1. The van der Waals surface area contributed by atoms with Crippen LogP contribution in [0.25, 0.3) is 11.1 Å². The highest BCUT2D eigenvalue weighted by Gasteiger charge is 2.22. The number of amides is 1. The molecule has 1 amide bonds. The Bertz CT molecular complexity index is 1220. The van der Waals surface area contributed by atoms with Crippen LogP contribution >= 0.6 is 0 Å². The van der Waals surface area contributed by atoms with Crippen molar-refractivity contribution in [3.63, 3.8) is 0 Å². The lowest BCUT2D eigenvalue weighted by molar-refractivity contribution is -0.117. The summed E-state index contributed by atoms with van der Waals surface area (Å²) in [5.41, 5.74) is 4.96. The van der Waals surface area contributed by atoms with Gasteiger partial charge in [0.15, 0.2) is 0 Å². The number of hydrogen-bond donors (Lipinski definition) is 1. The van der Waals surface area contributed by atoms with Crippen molar-refractivity contribution in [3.8, 4) is 22.6 Å². The highest BCUT2D eigenvalue weighted by Crippen LogP contribution is 2.29. The number of carbonyl (C=O) groups excluding carboxylic acids is 1. The smallest absolute Gasteiger partial charge is 0.231 e. The van der Waals surface area contributed by atoms with Gasteiger partial charge in [-0.05, 0) is 84.5 Å². The number of benzene rings is 3. The average Bonchev–Trinajstić information content (AvgIpc) is 2.84. The Morgan fingerprint density at radius 1 is 0.853 bits per heavy atom. The first-order valence-electron chi connectivity index (χ1n) is 11.6. The standard InChI is InChI=1S/C30H30N2O2/c1-21(2)19-29(24-11-15-28(16-12-24)34-27-7-5-4-6-8-27)30(33)32-26-13-9-23(10-14-26)25-17-18-31-22(3)20-25/h4-18,20-21,29H,19H2,1-3H3,(H,32,33). The fourth-order valence-corrected chi connectivity index (χ4v) is 3.96. The Labute approximate surface area is 201 Å². The highest BCUT2D eigenvalue weighted by atomic mass is 16.5. The number of anilines is 1. The van der Waals surface area contributed by atoms with Gasteiger partial charge in [0.1, 0.15) is 11.5 Å². The normalized spacial score (nSPS) is 11.8. The number of aryl methyl sites for hydroxylation is 1. The van der Waals surface area contributed by atoms with E-state index in [1.807, 2.05) is 98.0 Å². The van der Waals surface area contributed by atoms with E-state index in [0.29, 0.717) is 5.92 Å². The lowest BCUT2D eigenvalue weighted by atomic mass is 9.89. The Balaban J connectivity index is 1.47. The van der Waals surface area contributed by atoms with Crippen molar-refractivity contribution in [1.82, 2.24) is 4.98 Å². The molecule has 1 atom stereocenters. The summed E-state index contributed by atoms with van der Waals surface area (Å²) in [6.45, 7) is 6.25. The second kappa shape index (κ2) is 10.8. The van der Waals surface area contributed by atoms with E-state index in [1.54, 1.807) is 0 Å². The van der Waals surface area contributed by atoms with Crippen molar-refractivity contribution >= 4 is 11.6 Å². The number of nitrogens with one attached hydrogen (secondary N) is 1. The van der Waals surface area contributed by atoms with Gasteiger partial charge in [0.2, 0.25) is 5.91 Å². The predicted molar refractivity (Wildman–Crippen MR) is 138 cm³/mol. The molecule has 4 nitrogen and oxygen atoms in total. The van der Waals surface area contributed by atoms with E-state index in [9.17, 15) is 4.79 Å². The molecule has 1 N–H and O–H groups in total. The average molecular weight is 451 g/mol. The van der Waals surface area contributed by atoms with Crippen LogP contribution in [0.4, 0.5) is 5.69 Å². The molecule has 4 heteroatoms. The van der Waals surface area contributed by atoms with E-state index in [1.165, 1.54) is 0 Å². The van der Waals surface area contributed by atoms with Crippen molar-refractivity contribution in [2.75, 3.05) is 5.32 Å². The molecule has 1 aromatic heterocycles. The largest absolute Gasteiger partial charge is 0.457 e. The molecule has 0 radical (unpaired) electrons. The van der Waals surface area contributed by atoms with Gasteiger partial charge in [0.05, 0.1) is 5.92 Å². The van der Waals surface area contributed by atoms with Gasteiger partial charge < -0.3 is 10.1 Å². The van der Waals surface area contributed by atoms with Crippen LogP contribution in [0.2, 0.25) is 0 Å². The minimum absolute atomic E-state index is 0.00191. The van der Waals surface area contributed by atoms with Crippen molar-refractivity contribution in [2.45, 2.75) is 33.1 Å². The van der Waals surface area contributed by atoms with Crippen LogP contribution < -0.4 is 10.1 Å². The first kappa shape index (κ1) is 23.2. The third-order valence-corrected chi connectivity index (χ3v) is 5.67. The van der Waals surface area contributed by atoms with E-state index in [0.717, 1.165) is 46.0 Å². The van der Waals surface area contributed by atoms with Crippen LogP contribution in [0, 0.1) is 12.8 Å². The Morgan fingerprint density at radius 3 is 2.18 bits per heavy atom. The molecule has 4 aromatic rings. The SMILES string of the molecule is Cc1cc(-c2ccc(NC(=O)C(CC(C)C)c3ccc(Oc4ccccc4)cc3)cc2)ccn1. The maximum absolute atomic E-state index is 13.3. The summed E-state index contributed by atoms with van der Waals surface area (Å²) in [7, 11) is 0. The van der Waals surface area contributed by atoms with Crippen LogP contribution in [0.3, 0.4) is 0 Å². The molecule has 0 bridgehead atoms. The Hall–Kier alpha value is -3.92. The number of aromatic nitrogens is 1. The summed E-state index contributed by atoms with van der Waals surface area (Å²) in [5.74, 6) is 1.68. The summed E-state index contributed by atoms with van der Waals surface area (Å²) in [6, 6.07) is 29.5. The summed E-state index contributed by atoms with van der Waals surface area (Å²) < 4.78 is 5.90. The second-order valence-electron chi connectivity index (χ2n) is 8.92. The molecule has 0 spiro atoms. The molecular formula is C30H30N2O2. The first-order valence-corrected chi connectivity index (χ1v) is 11.6. The number of hydrogen-bond acceptors (Lipinski definition) is 3. The van der Waals surface area contributed by atoms with Gasteiger partial charge in [-0.2, -0.15) is 0 Å². The van der Waals surface area contributed by atoms with Crippen LogP contribution in [-0.4, -0.2) is 10.9 Å². The summed E-state index contributed by atoms with van der Waals surface area (Å²) >= 11 is 0. The van der Waals surface area contributed by atoms with E-state index in [4.69, 9.17) is 4.74 Å². The highest BCUT2D eigenvalue weighted by molar-refractivity contribution is 5.96. The molecular weight excluding hydrogens is 420 g/mol. The lowest BCUT2D eigenvalue weighted by Crippen LogP contribution is -2.22. The molecule has 34 heavy (non-hydrogen) atoms. The minimum atomic E-state index is -0.242. The zero-order chi connectivity index (χ0) is 23.9. The van der Waals surface area contributed by atoms with Gasteiger partial charge in [-0.3, -0.25) is 9.78 Å². The molecule has 0 aliphatic carbocycles. The molecule has 4 rings (SSSR count). The Morgan fingerprint density at radius 2 is 1.53 bits per heavy atom. The molecule has 0 saturated heterocycles. The minimum Gasteiger partial charge on any atom is -0.457 e. The van der Waals surface area contributed by atoms with E-state index >= 15 is 0 Å². The topological polar surface area (TPSA) is 51.2 Å². The third kappa shape index (κ3) is 6.10. The molecule has 3 aromatic carbocycles. The third-order valence-electron chi connectivity index (χ3n) is 5.67. The molecule has 0 saturated carbocycles. The summed E-state index contributed by atoms with van der Waals surface area (Å²) in [4.78, 5) is 17.5. The second-order valence-corrected chi connectivity index (χ2v) is 8.92. The van der Waals surface area contributed by atoms with Gasteiger partial charge in [0, 0.05) is 17.6 Å².